The van der Waals surface area contributed by atoms with Crippen LogP contribution in [-0.4, -0.2) is 16.5 Å². The summed E-state index contributed by atoms with van der Waals surface area (Å²) in [5, 5.41) is 11.3. The van der Waals surface area contributed by atoms with Crippen LogP contribution in [0.2, 0.25) is 0 Å². The summed E-state index contributed by atoms with van der Waals surface area (Å²) in [5.41, 5.74) is 1.18. The van der Waals surface area contributed by atoms with Crippen molar-refractivity contribution in [1.29, 1.82) is 5.26 Å². The fourth-order valence-electron chi connectivity index (χ4n) is 1.04. The van der Waals surface area contributed by atoms with E-state index in [1.807, 2.05) is 12.4 Å². The third-order valence-electron chi connectivity index (χ3n) is 2.04. The van der Waals surface area contributed by atoms with Gasteiger partial charge in [0.2, 0.25) is 5.95 Å². The smallest absolute Gasteiger partial charge is 0.222 e. The van der Waals surface area contributed by atoms with Gasteiger partial charge in [-0.25, -0.2) is 9.97 Å². The average Bonchev–Trinajstić information content (AvgIpc) is 2.18. The molecule has 0 aromatic carbocycles. The van der Waals surface area contributed by atoms with Crippen LogP contribution in [0.3, 0.4) is 0 Å². The van der Waals surface area contributed by atoms with E-state index in [1.54, 1.807) is 0 Å². The molecule has 1 aromatic rings. The first-order chi connectivity index (χ1) is 7.04. The predicted molar refractivity (Wildman–Crippen MR) is 59.5 cm³/mol. The lowest BCUT2D eigenvalue weighted by molar-refractivity contribution is 0.584. The van der Waals surface area contributed by atoms with Crippen molar-refractivity contribution in [2.75, 3.05) is 11.9 Å². The molecule has 0 aliphatic heterocycles. The summed E-state index contributed by atoms with van der Waals surface area (Å²) >= 11 is 0. The summed E-state index contributed by atoms with van der Waals surface area (Å²) in [7, 11) is 0. The van der Waals surface area contributed by atoms with Crippen LogP contribution >= 0.6 is 0 Å². The van der Waals surface area contributed by atoms with E-state index in [-0.39, 0.29) is 5.41 Å². The lowest BCUT2D eigenvalue weighted by atomic mass is 9.89. The van der Waals surface area contributed by atoms with Crippen LogP contribution < -0.4 is 5.32 Å². The molecule has 1 N–H and O–H groups in total. The van der Waals surface area contributed by atoms with Gasteiger partial charge in [0.1, 0.15) is 0 Å². The largest absolute Gasteiger partial charge is 0.353 e. The molecule has 1 rings (SSSR count). The highest BCUT2D eigenvalue weighted by Gasteiger charge is 2.14. The van der Waals surface area contributed by atoms with E-state index in [9.17, 15) is 0 Å². The highest BCUT2D eigenvalue weighted by atomic mass is 15.1. The number of rotatable bonds is 3. The molecule has 0 aliphatic carbocycles. The summed E-state index contributed by atoms with van der Waals surface area (Å²) in [5.74, 6) is 0.582. The molecule has 0 radical (unpaired) electrons. The molecule has 0 unspecified atom stereocenters. The van der Waals surface area contributed by atoms with Crippen molar-refractivity contribution >= 4 is 5.95 Å². The molecule has 0 fully saturated rings. The van der Waals surface area contributed by atoms with Crippen LogP contribution in [0, 0.1) is 11.3 Å². The average molecular weight is 204 g/mol. The molecule has 0 saturated heterocycles. The minimum Gasteiger partial charge on any atom is -0.353 e. The molecule has 1 heterocycles. The second kappa shape index (κ2) is 4.74. The Morgan fingerprint density at radius 2 is 1.93 bits per heavy atom. The van der Waals surface area contributed by atoms with Crippen molar-refractivity contribution in [2.24, 2.45) is 0 Å². The van der Waals surface area contributed by atoms with Crippen LogP contribution in [-0.2, 0) is 5.41 Å². The molecule has 15 heavy (non-hydrogen) atoms. The Hall–Kier alpha value is -1.63. The summed E-state index contributed by atoms with van der Waals surface area (Å²) in [6.07, 6.45) is 4.10. The van der Waals surface area contributed by atoms with Crippen molar-refractivity contribution in [3.8, 4) is 6.07 Å². The standard InChI is InChI=1S/C11H16N4/c1-11(2,3)9-7-14-10(15-8-9)13-6-4-5-12/h7-8H,4,6H2,1-3H3,(H,13,14,15). The SMILES string of the molecule is CC(C)(C)c1cnc(NCCC#N)nc1. The second-order valence-corrected chi connectivity index (χ2v) is 4.38. The molecule has 4 heteroatoms. The summed E-state index contributed by atoms with van der Waals surface area (Å²) in [4.78, 5) is 8.37. The van der Waals surface area contributed by atoms with Gasteiger partial charge in [-0.3, -0.25) is 0 Å². The van der Waals surface area contributed by atoms with Crippen molar-refractivity contribution in [3.63, 3.8) is 0 Å². The van der Waals surface area contributed by atoms with E-state index in [2.05, 4.69) is 42.1 Å². The van der Waals surface area contributed by atoms with Crippen molar-refractivity contribution < 1.29 is 0 Å². The lowest BCUT2D eigenvalue weighted by Crippen LogP contribution is -2.13. The molecule has 1 aromatic heterocycles. The Bertz CT molecular complexity index is 342. The van der Waals surface area contributed by atoms with Gasteiger partial charge in [0.15, 0.2) is 0 Å². The Kier molecular flexibility index (Phi) is 3.62. The predicted octanol–water partition coefficient (Wildman–Crippen LogP) is 2.10. The van der Waals surface area contributed by atoms with Crippen molar-refractivity contribution in [2.45, 2.75) is 32.6 Å². The van der Waals surface area contributed by atoms with Gasteiger partial charge in [-0.05, 0) is 11.0 Å². The molecule has 0 aliphatic rings. The van der Waals surface area contributed by atoms with Gasteiger partial charge in [0.25, 0.3) is 0 Å². The normalized spacial score (nSPS) is 10.8. The Morgan fingerprint density at radius 1 is 1.33 bits per heavy atom. The van der Waals surface area contributed by atoms with Crippen molar-refractivity contribution in [1.82, 2.24) is 9.97 Å². The molecule has 0 amide bonds. The van der Waals surface area contributed by atoms with E-state index in [1.165, 1.54) is 0 Å². The minimum absolute atomic E-state index is 0.0746. The summed E-state index contributed by atoms with van der Waals surface area (Å²) in [6, 6.07) is 2.06. The van der Waals surface area contributed by atoms with Crippen LogP contribution in [0.25, 0.3) is 0 Å². The quantitative estimate of drug-likeness (QED) is 0.766. The van der Waals surface area contributed by atoms with E-state index < -0.39 is 0 Å². The topological polar surface area (TPSA) is 61.6 Å². The Labute approximate surface area is 90.4 Å². The van der Waals surface area contributed by atoms with Crippen molar-refractivity contribution in [3.05, 3.63) is 18.0 Å². The maximum Gasteiger partial charge on any atom is 0.222 e. The fourth-order valence-corrected chi connectivity index (χ4v) is 1.04. The second-order valence-electron chi connectivity index (χ2n) is 4.38. The number of hydrogen-bond acceptors (Lipinski definition) is 4. The first-order valence-corrected chi connectivity index (χ1v) is 4.97. The molecule has 4 nitrogen and oxygen atoms in total. The minimum atomic E-state index is 0.0746. The molecule has 80 valence electrons. The maximum absolute atomic E-state index is 8.36. The molecular weight excluding hydrogens is 188 g/mol. The highest BCUT2D eigenvalue weighted by molar-refractivity contribution is 5.27. The first kappa shape index (κ1) is 11.4. The third-order valence-corrected chi connectivity index (χ3v) is 2.04. The Morgan fingerprint density at radius 3 is 2.40 bits per heavy atom. The third kappa shape index (κ3) is 3.55. The molecule has 0 bridgehead atoms. The molecular formula is C11H16N4. The lowest BCUT2D eigenvalue weighted by Gasteiger charge is -2.17. The van der Waals surface area contributed by atoms with Crippen LogP contribution in [0.4, 0.5) is 5.95 Å². The number of aromatic nitrogens is 2. The van der Waals surface area contributed by atoms with Crippen LogP contribution in [0.1, 0.15) is 32.8 Å². The zero-order valence-corrected chi connectivity index (χ0v) is 9.41. The number of anilines is 1. The van der Waals surface area contributed by atoms with E-state index in [0.29, 0.717) is 18.9 Å². The van der Waals surface area contributed by atoms with Crippen LogP contribution in [0.15, 0.2) is 12.4 Å². The van der Waals surface area contributed by atoms with E-state index >= 15 is 0 Å². The summed E-state index contributed by atoms with van der Waals surface area (Å²) in [6.45, 7) is 6.95. The van der Waals surface area contributed by atoms with Crippen LogP contribution in [0.5, 0.6) is 0 Å². The van der Waals surface area contributed by atoms with Gasteiger partial charge in [0, 0.05) is 18.9 Å². The highest BCUT2D eigenvalue weighted by Crippen LogP contribution is 2.20. The van der Waals surface area contributed by atoms with Gasteiger partial charge in [-0.1, -0.05) is 20.8 Å². The number of nitriles is 1. The van der Waals surface area contributed by atoms with E-state index in [4.69, 9.17) is 5.26 Å². The van der Waals surface area contributed by atoms with Gasteiger partial charge >= 0.3 is 0 Å². The van der Waals surface area contributed by atoms with Gasteiger partial charge in [0.05, 0.1) is 12.5 Å². The monoisotopic (exact) mass is 204 g/mol. The first-order valence-electron chi connectivity index (χ1n) is 4.97. The number of nitrogens with one attached hydrogen (secondary N) is 1. The fraction of sp³-hybridized carbons (Fsp3) is 0.545. The zero-order chi connectivity index (χ0) is 11.3. The van der Waals surface area contributed by atoms with Gasteiger partial charge in [-0.15, -0.1) is 0 Å². The maximum atomic E-state index is 8.36. The zero-order valence-electron chi connectivity index (χ0n) is 9.41. The van der Waals surface area contributed by atoms with Gasteiger partial charge in [-0.2, -0.15) is 5.26 Å². The molecule has 0 atom stereocenters. The van der Waals surface area contributed by atoms with Gasteiger partial charge < -0.3 is 5.32 Å². The number of hydrogen-bond donors (Lipinski definition) is 1. The molecule has 0 spiro atoms. The number of nitrogens with zero attached hydrogens (tertiary/aromatic N) is 3. The summed E-state index contributed by atoms with van der Waals surface area (Å²) < 4.78 is 0. The van der Waals surface area contributed by atoms with E-state index in [0.717, 1.165) is 5.56 Å². The Balaban J connectivity index is 2.61. The molecule has 0 saturated carbocycles.